The van der Waals surface area contributed by atoms with Gasteiger partial charge in [0.1, 0.15) is 12.0 Å². The Morgan fingerprint density at radius 3 is 2.92 bits per heavy atom. The molecular formula is C19H22FNO4. The summed E-state index contributed by atoms with van der Waals surface area (Å²) in [5, 5.41) is 0. The molecule has 1 aliphatic rings. The van der Waals surface area contributed by atoms with Gasteiger partial charge in [0.05, 0.1) is 20.3 Å². The standard InChI is InChI=1S/C19H22FNO4/c1-23-19-13-24-15(9-17(19)22)11-21-8-4-5-14(10-21)12-25-18-7-3-2-6-16(18)20/h2-3,6-7,9,13-14H,4-5,8,10-12H2,1H3/t14-/m0/s1. The minimum atomic E-state index is -0.338. The molecule has 1 aromatic carbocycles. The molecule has 0 aliphatic carbocycles. The van der Waals surface area contributed by atoms with E-state index in [0.29, 0.717) is 30.6 Å². The molecule has 0 N–H and O–H groups in total. The van der Waals surface area contributed by atoms with Crippen LogP contribution in [0.25, 0.3) is 0 Å². The molecule has 0 spiro atoms. The van der Waals surface area contributed by atoms with E-state index >= 15 is 0 Å². The van der Waals surface area contributed by atoms with Gasteiger partial charge in [-0.2, -0.15) is 0 Å². The van der Waals surface area contributed by atoms with Gasteiger partial charge >= 0.3 is 0 Å². The molecule has 0 saturated carbocycles. The van der Waals surface area contributed by atoms with Crippen molar-refractivity contribution in [1.29, 1.82) is 0 Å². The van der Waals surface area contributed by atoms with E-state index in [1.54, 1.807) is 18.2 Å². The van der Waals surface area contributed by atoms with Crippen molar-refractivity contribution < 1.29 is 18.3 Å². The van der Waals surface area contributed by atoms with Crippen LogP contribution in [0.1, 0.15) is 18.6 Å². The molecule has 1 fully saturated rings. The summed E-state index contributed by atoms with van der Waals surface area (Å²) in [5.74, 6) is 1.09. The van der Waals surface area contributed by atoms with Crippen molar-refractivity contribution in [2.45, 2.75) is 19.4 Å². The van der Waals surface area contributed by atoms with E-state index in [4.69, 9.17) is 13.9 Å². The molecule has 6 heteroatoms. The highest BCUT2D eigenvalue weighted by Crippen LogP contribution is 2.22. The highest BCUT2D eigenvalue weighted by molar-refractivity contribution is 5.23. The third-order valence-electron chi connectivity index (χ3n) is 4.37. The predicted octanol–water partition coefficient (Wildman–Crippen LogP) is 3.08. The van der Waals surface area contributed by atoms with Crippen LogP contribution >= 0.6 is 0 Å². The maximum absolute atomic E-state index is 13.6. The molecule has 1 aromatic heterocycles. The molecule has 134 valence electrons. The zero-order valence-electron chi connectivity index (χ0n) is 14.2. The Morgan fingerprint density at radius 2 is 2.16 bits per heavy atom. The van der Waals surface area contributed by atoms with E-state index in [9.17, 15) is 9.18 Å². The maximum atomic E-state index is 13.6. The quantitative estimate of drug-likeness (QED) is 0.804. The van der Waals surface area contributed by atoms with Crippen molar-refractivity contribution >= 4 is 0 Å². The van der Waals surface area contributed by atoms with Crippen LogP contribution in [0.3, 0.4) is 0 Å². The molecule has 0 amide bonds. The number of likely N-dealkylation sites (tertiary alicyclic amines) is 1. The number of piperidine rings is 1. The monoisotopic (exact) mass is 347 g/mol. The van der Waals surface area contributed by atoms with Gasteiger partial charge in [0.15, 0.2) is 11.6 Å². The second kappa shape index (κ2) is 8.16. The molecule has 1 saturated heterocycles. The first-order chi connectivity index (χ1) is 12.2. The zero-order valence-corrected chi connectivity index (χ0v) is 14.2. The summed E-state index contributed by atoms with van der Waals surface area (Å²) in [4.78, 5) is 14.0. The van der Waals surface area contributed by atoms with Gasteiger partial charge in [-0.25, -0.2) is 4.39 Å². The fraction of sp³-hybridized carbons (Fsp3) is 0.421. The number of methoxy groups -OCH3 is 1. The van der Waals surface area contributed by atoms with Crippen molar-refractivity contribution in [2.75, 3.05) is 26.8 Å². The smallest absolute Gasteiger partial charge is 0.227 e. The van der Waals surface area contributed by atoms with Gasteiger partial charge in [-0.05, 0) is 31.5 Å². The predicted molar refractivity (Wildman–Crippen MR) is 91.4 cm³/mol. The summed E-state index contributed by atoms with van der Waals surface area (Å²) in [6.07, 6.45) is 3.42. The summed E-state index contributed by atoms with van der Waals surface area (Å²) < 4.78 is 29.6. The molecule has 1 atom stereocenters. The van der Waals surface area contributed by atoms with Crippen LogP contribution < -0.4 is 14.9 Å². The fourth-order valence-electron chi connectivity index (χ4n) is 3.09. The van der Waals surface area contributed by atoms with Gasteiger partial charge in [0.2, 0.25) is 11.2 Å². The molecule has 3 rings (SSSR count). The molecule has 2 aromatic rings. The Balaban J connectivity index is 1.55. The average Bonchev–Trinajstić information content (AvgIpc) is 2.62. The van der Waals surface area contributed by atoms with Gasteiger partial charge in [0, 0.05) is 18.5 Å². The van der Waals surface area contributed by atoms with Gasteiger partial charge in [-0.15, -0.1) is 0 Å². The fourth-order valence-corrected chi connectivity index (χ4v) is 3.09. The Kier molecular flexibility index (Phi) is 5.71. The Bertz CT molecular complexity index is 761. The van der Waals surface area contributed by atoms with Crippen LogP contribution in [-0.2, 0) is 6.54 Å². The molecule has 0 unspecified atom stereocenters. The van der Waals surface area contributed by atoms with Crippen LogP contribution in [0.15, 0.2) is 45.8 Å². The summed E-state index contributed by atoms with van der Waals surface area (Å²) in [6.45, 7) is 2.80. The van der Waals surface area contributed by atoms with E-state index in [1.807, 2.05) is 0 Å². The minimum Gasteiger partial charge on any atom is -0.490 e. The average molecular weight is 347 g/mol. The summed E-state index contributed by atoms with van der Waals surface area (Å²) in [7, 11) is 1.44. The number of benzene rings is 1. The molecule has 1 aliphatic heterocycles. The molecular weight excluding hydrogens is 325 g/mol. The van der Waals surface area contributed by atoms with E-state index in [0.717, 1.165) is 25.9 Å². The first-order valence-electron chi connectivity index (χ1n) is 8.41. The van der Waals surface area contributed by atoms with Gasteiger partial charge in [0.25, 0.3) is 0 Å². The lowest BCUT2D eigenvalue weighted by Crippen LogP contribution is -2.37. The number of halogens is 1. The lowest BCUT2D eigenvalue weighted by Gasteiger charge is -2.32. The van der Waals surface area contributed by atoms with Crippen molar-refractivity contribution in [2.24, 2.45) is 5.92 Å². The minimum absolute atomic E-state index is 0.180. The first kappa shape index (κ1) is 17.5. The van der Waals surface area contributed by atoms with Crippen molar-refractivity contribution in [1.82, 2.24) is 4.90 Å². The number of hydrogen-bond acceptors (Lipinski definition) is 5. The van der Waals surface area contributed by atoms with E-state index in [1.165, 1.54) is 25.5 Å². The van der Waals surface area contributed by atoms with Crippen molar-refractivity contribution in [3.8, 4) is 11.5 Å². The lowest BCUT2D eigenvalue weighted by atomic mass is 9.99. The number of ether oxygens (including phenoxy) is 2. The number of hydrogen-bond donors (Lipinski definition) is 0. The molecule has 25 heavy (non-hydrogen) atoms. The van der Waals surface area contributed by atoms with Crippen LogP contribution in [0.2, 0.25) is 0 Å². The lowest BCUT2D eigenvalue weighted by molar-refractivity contribution is 0.116. The van der Waals surface area contributed by atoms with Gasteiger partial charge in [-0.1, -0.05) is 12.1 Å². The molecule has 5 nitrogen and oxygen atoms in total. The first-order valence-corrected chi connectivity index (χ1v) is 8.41. The van der Waals surface area contributed by atoms with Crippen LogP contribution in [-0.4, -0.2) is 31.7 Å². The van der Waals surface area contributed by atoms with E-state index < -0.39 is 0 Å². The highest BCUT2D eigenvalue weighted by Gasteiger charge is 2.22. The summed E-state index contributed by atoms with van der Waals surface area (Å²) >= 11 is 0. The van der Waals surface area contributed by atoms with Crippen LogP contribution in [0.4, 0.5) is 4.39 Å². The molecule has 2 heterocycles. The SMILES string of the molecule is COc1coc(CN2CCC[C@H](COc3ccccc3F)C2)cc1=O. The second-order valence-corrected chi connectivity index (χ2v) is 6.26. The highest BCUT2D eigenvalue weighted by atomic mass is 19.1. The Hall–Kier alpha value is -2.34. The number of rotatable bonds is 6. The zero-order chi connectivity index (χ0) is 17.6. The maximum Gasteiger partial charge on any atom is 0.227 e. The van der Waals surface area contributed by atoms with Crippen molar-refractivity contribution in [3.05, 3.63) is 58.4 Å². The second-order valence-electron chi connectivity index (χ2n) is 6.26. The van der Waals surface area contributed by atoms with Crippen LogP contribution in [0.5, 0.6) is 11.5 Å². The largest absolute Gasteiger partial charge is 0.490 e. The van der Waals surface area contributed by atoms with E-state index in [2.05, 4.69) is 4.90 Å². The Labute approximate surface area is 146 Å². The van der Waals surface area contributed by atoms with Gasteiger partial charge < -0.3 is 13.9 Å². The summed E-state index contributed by atoms with van der Waals surface area (Å²) in [5.41, 5.74) is -0.180. The topological polar surface area (TPSA) is 51.9 Å². The Morgan fingerprint density at radius 1 is 1.32 bits per heavy atom. The summed E-state index contributed by atoms with van der Waals surface area (Å²) in [6, 6.07) is 7.92. The molecule has 0 bridgehead atoms. The number of nitrogens with zero attached hydrogens (tertiary/aromatic N) is 1. The van der Waals surface area contributed by atoms with Crippen molar-refractivity contribution in [3.63, 3.8) is 0 Å². The third kappa shape index (κ3) is 4.60. The van der Waals surface area contributed by atoms with Gasteiger partial charge in [-0.3, -0.25) is 9.69 Å². The third-order valence-corrected chi connectivity index (χ3v) is 4.37. The number of para-hydroxylation sites is 1. The van der Waals surface area contributed by atoms with E-state index in [-0.39, 0.29) is 17.0 Å². The molecule has 0 radical (unpaired) electrons. The van der Waals surface area contributed by atoms with Crippen LogP contribution in [0, 0.1) is 11.7 Å². The normalized spacial score (nSPS) is 18.1.